The van der Waals surface area contributed by atoms with Gasteiger partial charge in [0.25, 0.3) is 0 Å². The molecule has 0 radical (unpaired) electrons. The third-order valence-corrected chi connectivity index (χ3v) is 1.98. The fraction of sp³-hybridized carbons (Fsp3) is 0. The molecule has 0 saturated carbocycles. The van der Waals surface area contributed by atoms with Crippen LogP contribution in [0.15, 0.2) is 49.1 Å². The van der Waals surface area contributed by atoms with Crippen LogP contribution in [-0.2, 0) is 0 Å². The highest BCUT2D eigenvalue weighted by molar-refractivity contribution is 5.95. The van der Waals surface area contributed by atoms with Crippen LogP contribution in [-0.4, -0.2) is 21.6 Å². The van der Waals surface area contributed by atoms with Crippen molar-refractivity contribution in [2.45, 2.75) is 0 Å². The van der Waals surface area contributed by atoms with Gasteiger partial charge in [0.05, 0.1) is 0 Å². The molecule has 2 aromatic rings. The lowest BCUT2D eigenvalue weighted by molar-refractivity contribution is 1.31. The van der Waals surface area contributed by atoms with Gasteiger partial charge in [-0.25, -0.2) is 0 Å². The van der Waals surface area contributed by atoms with E-state index in [-0.39, 0.29) is 36.5 Å². The topological polar surface area (TPSA) is 126 Å². The number of hydrogen-bond donors (Lipinski definition) is 4. The van der Waals surface area contributed by atoms with E-state index in [1.165, 1.54) is 0 Å². The van der Waals surface area contributed by atoms with Crippen molar-refractivity contribution in [3.8, 4) is 0 Å². The van der Waals surface area contributed by atoms with Gasteiger partial charge in [-0.05, 0) is 24.3 Å². The minimum atomic E-state index is 0. The van der Waals surface area contributed by atoms with Crippen LogP contribution in [0.25, 0.3) is 0 Å². The first-order valence-corrected chi connectivity index (χ1v) is 5.10. The molecule has 2 rings (SSSR count). The fourth-order valence-corrected chi connectivity index (χ4v) is 1.06. The maximum atomic E-state index is 6.99. The molecular formula is C12H16Cl2N6. The lowest BCUT2D eigenvalue weighted by Gasteiger charge is -1.92. The molecule has 0 aliphatic carbocycles. The molecule has 2 heterocycles. The third kappa shape index (κ3) is 7.30. The van der Waals surface area contributed by atoms with Gasteiger partial charge in [0.2, 0.25) is 0 Å². The van der Waals surface area contributed by atoms with E-state index in [0.29, 0.717) is 11.1 Å². The summed E-state index contributed by atoms with van der Waals surface area (Å²) in [4.78, 5) is 7.55. The summed E-state index contributed by atoms with van der Waals surface area (Å²) in [5, 5.41) is 14.0. The van der Waals surface area contributed by atoms with Gasteiger partial charge in [-0.3, -0.25) is 20.8 Å². The van der Waals surface area contributed by atoms with Crippen molar-refractivity contribution in [3.63, 3.8) is 0 Å². The van der Waals surface area contributed by atoms with Crippen molar-refractivity contribution in [2.24, 2.45) is 11.5 Å². The Bertz CT molecular complexity index is 468. The summed E-state index contributed by atoms with van der Waals surface area (Å²) in [7, 11) is 0. The summed E-state index contributed by atoms with van der Waals surface area (Å²) in [6.45, 7) is 0. The Labute approximate surface area is 129 Å². The predicted molar refractivity (Wildman–Crippen MR) is 85.0 cm³/mol. The van der Waals surface area contributed by atoms with E-state index in [2.05, 4.69) is 9.97 Å². The molecule has 0 bridgehead atoms. The largest absolute Gasteiger partial charge is 0.384 e. The number of hydrogen-bond acceptors (Lipinski definition) is 4. The number of aromatic nitrogens is 2. The summed E-state index contributed by atoms with van der Waals surface area (Å²) in [6.07, 6.45) is 6.43. The monoisotopic (exact) mass is 314 g/mol. The molecule has 6 N–H and O–H groups in total. The molecule has 0 fully saturated rings. The summed E-state index contributed by atoms with van der Waals surface area (Å²) in [5.74, 6) is 0.162. The first-order chi connectivity index (χ1) is 8.61. The summed E-state index contributed by atoms with van der Waals surface area (Å²) in [6, 6.07) is 6.79. The second-order valence-electron chi connectivity index (χ2n) is 3.30. The number of rotatable bonds is 2. The zero-order valence-electron chi connectivity index (χ0n) is 10.5. The molecule has 0 aromatic carbocycles. The Kier molecular flexibility index (Phi) is 10.8. The van der Waals surface area contributed by atoms with E-state index in [9.17, 15) is 0 Å². The van der Waals surface area contributed by atoms with Crippen molar-refractivity contribution >= 4 is 36.5 Å². The van der Waals surface area contributed by atoms with Crippen LogP contribution in [0, 0.1) is 10.8 Å². The molecule has 8 heteroatoms. The second-order valence-corrected chi connectivity index (χ2v) is 3.30. The molecule has 0 atom stereocenters. The molecule has 6 nitrogen and oxygen atoms in total. The van der Waals surface area contributed by atoms with E-state index < -0.39 is 0 Å². The highest BCUT2D eigenvalue weighted by Gasteiger charge is 1.90. The Balaban J connectivity index is 0. The Morgan fingerprint density at radius 1 is 0.700 bits per heavy atom. The van der Waals surface area contributed by atoms with E-state index >= 15 is 0 Å². The Hall–Kier alpha value is -2.18. The molecule has 0 aliphatic rings. The average Bonchev–Trinajstić information content (AvgIpc) is 2.41. The van der Waals surface area contributed by atoms with E-state index in [1.54, 1.807) is 49.1 Å². The van der Waals surface area contributed by atoms with Gasteiger partial charge in [-0.15, -0.1) is 24.8 Å². The van der Waals surface area contributed by atoms with Gasteiger partial charge in [0.1, 0.15) is 11.7 Å². The Morgan fingerprint density at radius 3 is 1.10 bits per heavy atom. The number of nitrogens with zero attached hydrogens (tertiary/aromatic N) is 2. The van der Waals surface area contributed by atoms with Crippen LogP contribution in [0.1, 0.15) is 11.1 Å². The van der Waals surface area contributed by atoms with E-state index in [1.807, 2.05) is 0 Å². The SMILES string of the molecule is Cl.Cl.N=C(N)c1ccncc1.N=C(N)c1ccncc1. The number of amidine groups is 2. The van der Waals surface area contributed by atoms with Gasteiger partial charge in [-0.1, -0.05) is 0 Å². The van der Waals surface area contributed by atoms with Crippen LogP contribution in [0.5, 0.6) is 0 Å². The van der Waals surface area contributed by atoms with E-state index in [4.69, 9.17) is 22.3 Å². The minimum Gasteiger partial charge on any atom is -0.384 e. The van der Waals surface area contributed by atoms with Gasteiger partial charge in [0, 0.05) is 35.9 Å². The summed E-state index contributed by atoms with van der Waals surface area (Å²) >= 11 is 0. The zero-order chi connectivity index (χ0) is 13.4. The van der Waals surface area contributed by atoms with Gasteiger partial charge >= 0.3 is 0 Å². The standard InChI is InChI=1S/2C6H7N3.2ClH/c2*7-6(8)5-1-3-9-4-2-5;;/h2*1-4H,(H3,7,8);2*1H. The number of halogens is 2. The molecular weight excluding hydrogens is 299 g/mol. The van der Waals surface area contributed by atoms with Gasteiger partial charge in [-0.2, -0.15) is 0 Å². The van der Waals surface area contributed by atoms with Crippen molar-refractivity contribution < 1.29 is 0 Å². The van der Waals surface area contributed by atoms with Crippen LogP contribution >= 0.6 is 24.8 Å². The zero-order valence-corrected chi connectivity index (χ0v) is 12.1. The van der Waals surface area contributed by atoms with Crippen LogP contribution in [0.4, 0.5) is 0 Å². The van der Waals surface area contributed by atoms with Crippen molar-refractivity contribution in [3.05, 3.63) is 60.2 Å². The smallest absolute Gasteiger partial charge is 0.122 e. The molecule has 2 aromatic heterocycles. The molecule has 0 spiro atoms. The second kappa shape index (κ2) is 10.7. The summed E-state index contributed by atoms with van der Waals surface area (Å²) in [5.41, 5.74) is 11.8. The number of pyridine rings is 2. The highest BCUT2D eigenvalue weighted by atomic mass is 35.5. The first kappa shape index (κ1) is 20.1. The highest BCUT2D eigenvalue weighted by Crippen LogP contribution is 1.92. The predicted octanol–water partition coefficient (Wildman–Crippen LogP) is 1.57. The number of nitrogens with one attached hydrogen (secondary N) is 2. The van der Waals surface area contributed by atoms with E-state index in [0.717, 1.165) is 0 Å². The minimum absolute atomic E-state index is 0. The summed E-state index contributed by atoms with van der Waals surface area (Å²) < 4.78 is 0. The maximum Gasteiger partial charge on any atom is 0.122 e. The quantitative estimate of drug-likeness (QED) is 0.496. The molecule has 20 heavy (non-hydrogen) atoms. The number of nitrogens with two attached hydrogens (primary N) is 2. The van der Waals surface area contributed by atoms with Crippen molar-refractivity contribution in [1.29, 1.82) is 10.8 Å². The van der Waals surface area contributed by atoms with Gasteiger partial charge in [0.15, 0.2) is 0 Å². The van der Waals surface area contributed by atoms with Crippen LogP contribution in [0.2, 0.25) is 0 Å². The lowest BCUT2D eigenvalue weighted by Crippen LogP contribution is -2.10. The first-order valence-electron chi connectivity index (χ1n) is 5.10. The van der Waals surface area contributed by atoms with Crippen molar-refractivity contribution in [1.82, 2.24) is 9.97 Å². The molecule has 0 aliphatic heterocycles. The van der Waals surface area contributed by atoms with Crippen molar-refractivity contribution in [2.75, 3.05) is 0 Å². The third-order valence-electron chi connectivity index (χ3n) is 1.98. The van der Waals surface area contributed by atoms with Gasteiger partial charge < -0.3 is 11.5 Å². The lowest BCUT2D eigenvalue weighted by atomic mass is 10.2. The normalized spacial score (nSPS) is 8.00. The molecule has 0 saturated heterocycles. The maximum absolute atomic E-state index is 6.99. The molecule has 0 amide bonds. The van der Waals surface area contributed by atoms with Crippen LogP contribution < -0.4 is 11.5 Å². The number of nitrogen functional groups attached to an aromatic ring is 2. The molecule has 108 valence electrons. The fourth-order valence-electron chi connectivity index (χ4n) is 1.06. The van der Waals surface area contributed by atoms with Crippen LogP contribution in [0.3, 0.4) is 0 Å². The Morgan fingerprint density at radius 2 is 0.950 bits per heavy atom. The molecule has 0 unspecified atom stereocenters. The average molecular weight is 315 g/mol.